The molecule has 49 heavy (non-hydrogen) atoms. The molecular formula is C41H44N4O4. The summed E-state index contributed by atoms with van der Waals surface area (Å²) in [5.74, 6) is 0.597. The molecule has 8 heteroatoms. The molecule has 7 heterocycles. The molecule has 6 atom stereocenters. The second kappa shape index (κ2) is 9.98. The van der Waals surface area contributed by atoms with Gasteiger partial charge in [-0.25, -0.2) is 4.79 Å². The number of fused-ring (bicyclic) bond motifs is 3. The van der Waals surface area contributed by atoms with Gasteiger partial charge in [0.25, 0.3) is 0 Å². The summed E-state index contributed by atoms with van der Waals surface area (Å²) >= 11 is 0. The first-order chi connectivity index (χ1) is 23.8. The van der Waals surface area contributed by atoms with Crippen molar-refractivity contribution >= 4 is 22.6 Å². The van der Waals surface area contributed by atoms with Crippen LogP contribution in [0.25, 0.3) is 10.9 Å². The lowest BCUT2D eigenvalue weighted by Crippen LogP contribution is -2.58. The van der Waals surface area contributed by atoms with Crippen LogP contribution < -0.4 is 15.5 Å². The van der Waals surface area contributed by atoms with Crippen molar-refractivity contribution in [3.8, 4) is 5.75 Å². The molecule has 0 amide bonds. The van der Waals surface area contributed by atoms with Crippen LogP contribution in [-0.2, 0) is 21.5 Å². The van der Waals surface area contributed by atoms with E-state index in [0.29, 0.717) is 13.0 Å². The molecule has 2 aromatic carbocycles. The zero-order valence-corrected chi connectivity index (χ0v) is 28.8. The quantitative estimate of drug-likeness (QED) is 0.253. The number of esters is 1. The van der Waals surface area contributed by atoms with Crippen LogP contribution in [0.5, 0.6) is 5.75 Å². The molecular weight excluding hydrogens is 612 g/mol. The number of aromatic nitrogens is 1. The summed E-state index contributed by atoms with van der Waals surface area (Å²) in [4.78, 5) is 32.9. The molecule has 1 N–H and O–H groups in total. The topological polar surface area (TPSA) is 76.0 Å². The number of hydrogen-bond donors (Lipinski definition) is 1. The average Bonchev–Trinajstić information content (AvgIpc) is 3.83. The maximum atomic E-state index is 14.2. The summed E-state index contributed by atoms with van der Waals surface area (Å²) in [5.41, 5.74) is 7.89. The number of para-hydroxylation sites is 1. The molecule has 7 aliphatic rings. The number of methoxy groups -OCH3 is 2. The maximum absolute atomic E-state index is 14.2. The van der Waals surface area contributed by atoms with E-state index >= 15 is 0 Å². The number of nitrogens with one attached hydrogen (secondary N) is 1. The van der Waals surface area contributed by atoms with E-state index in [1.54, 1.807) is 7.11 Å². The van der Waals surface area contributed by atoms with Crippen LogP contribution in [0, 0.1) is 10.8 Å². The first kappa shape index (κ1) is 29.7. The van der Waals surface area contributed by atoms with E-state index in [2.05, 4.69) is 82.1 Å². The summed E-state index contributed by atoms with van der Waals surface area (Å²) in [6, 6.07) is 13.2. The van der Waals surface area contributed by atoms with Gasteiger partial charge in [0, 0.05) is 82.7 Å². The van der Waals surface area contributed by atoms with Gasteiger partial charge in [-0.1, -0.05) is 50.3 Å². The summed E-state index contributed by atoms with van der Waals surface area (Å²) in [6.07, 6.45) is 13.9. The van der Waals surface area contributed by atoms with Gasteiger partial charge in [0.2, 0.25) is 0 Å². The van der Waals surface area contributed by atoms with Crippen molar-refractivity contribution < 1.29 is 14.3 Å². The van der Waals surface area contributed by atoms with Gasteiger partial charge in [0.05, 0.1) is 42.8 Å². The third kappa shape index (κ3) is 3.47. The Kier molecular flexibility index (Phi) is 6.06. The number of anilines is 1. The molecule has 0 radical (unpaired) electrons. The molecule has 1 saturated heterocycles. The minimum Gasteiger partial charge on any atom is -0.496 e. The zero-order valence-electron chi connectivity index (χ0n) is 28.8. The highest BCUT2D eigenvalue weighted by molar-refractivity contribution is 5.93. The Morgan fingerprint density at radius 3 is 2.57 bits per heavy atom. The van der Waals surface area contributed by atoms with Gasteiger partial charge in [-0.15, -0.1) is 0 Å². The van der Waals surface area contributed by atoms with E-state index in [4.69, 9.17) is 9.47 Å². The first-order valence-corrected chi connectivity index (χ1v) is 18.2. The summed E-state index contributed by atoms with van der Waals surface area (Å²) in [5, 5.41) is 4.61. The lowest BCUT2D eigenvalue weighted by atomic mass is 9.55. The van der Waals surface area contributed by atoms with E-state index in [1.165, 1.54) is 18.4 Å². The van der Waals surface area contributed by atoms with Crippen molar-refractivity contribution in [2.24, 2.45) is 10.8 Å². The fourth-order valence-electron chi connectivity index (χ4n) is 11.9. The fourth-order valence-corrected chi connectivity index (χ4v) is 11.9. The number of carbonyl (C=O) groups is 1. The zero-order chi connectivity index (χ0) is 33.4. The monoisotopic (exact) mass is 656 g/mol. The smallest absolute Gasteiger partial charge is 0.335 e. The SMILES string of the molecule is CC[C@]12C=CCN3Cc4c(n(c5ccccc5c4=O)[C@@H](c4cc5c(cc4OC)NC4=C(C(=O)OC)C[C@]6(CC)C=CCN7CC[C@@]45[C@@H]76)C1)[C@@H]32. The number of carbonyl (C=O) groups excluding carboxylic acids is 1. The Bertz CT molecular complexity index is 2150. The lowest BCUT2D eigenvalue weighted by molar-refractivity contribution is -0.137. The lowest BCUT2D eigenvalue weighted by Gasteiger charge is -2.53. The van der Waals surface area contributed by atoms with Crippen LogP contribution in [0.1, 0.15) is 80.4 Å². The van der Waals surface area contributed by atoms with Gasteiger partial charge in [0.15, 0.2) is 5.43 Å². The van der Waals surface area contributed by atoms with E-state index in [9.17, 15) is 9.59 Å². The molecule has 8 nitrogen and oxygen atoms in total. The molecule has 1 spiro atoms. The third-order valence-electron chi connectivity index (χ3n) is 13.9. The van der Waals surface area contributed by atoms with Crippen molar-refractivity contribution in [3.63, 3.8) is 0 Å². The Hall–Kier alpha value is -4.14. The van der Waals surface area contributed by atoms with Crippen molar-refractivity contribution in [2.45, 2.75) is 76.0 Å². The Balaban J connectivity index is 1.26. The molecule has 0 bridgehead atoms. The second-order valence-corrected chi connectivity index (χ2v) is 15.5. The van der Waals surface area contributed by atoms with Crippen molar-refractivity contribution in [1.82, 2.24) is 14.4 Å². The third-order valence-corrected chi connectivity index (χ3v) is 13.9. The molecule has 6 aliphatic heterocycles. The molecule has 10 rings (SSSR count). The molecule has 252 valence electrons. The largest absolute Gasteiger partial charge is 0.496 e. The van der Waals surface area contributed by atoms with Crippen LogP contribution >= 0.6 is 0 Å². The van der Waals surface area contributed by atoms with Crippen LogP contribution in [0.3, 0.4) is 0 Å². The van der Waals surface area contributed by atoms with Crippen LogP contribution in [0.2, 0.25) is 0 Å². The van der Waals surface area contributed by atoms with E-state index in [-0.39, 0.29) is 45.8 Å². The average molecular weight is 657 g/mol. The predicted molar refractivity (Wildman–Crippen MR) is 190 cm³/mol. The molecule has 1 fully saturated rings. The molecule has 1 aromatic heterocycles. The number of pyridine rings is 1. The van der Waals surface area contributed by atoms with Gasteiger partial charge in [-0.05, 0) is 55.9 Å². The highest BCUT2D eigenvalue weighted by Crippen LogP contribution is 2.66. The van der Waals surface area contributed by atoms with Gasteiger partial charge in [0.1, 0.15) is 5.75 Å². The Morgan fingerprint density at radius 2 is 1.80 bits per heavy atom. The molecule has 0 unspecified atom stereocenters. The normalized spacial score (nSPS) is 33.3. The van der Waals surface area contributed by atoms with Crippen molar-refractivity contribution in [1.29, 1.82) is 0 Å². The number of rotatable bonds is 5. The minimum atomic E-state index is -0.367. The fraction of sp³-hybridized carbons (Fsp3) is 0.463. The number of nitrogens with zero attached hydrogens (tertiary/aromatic N) is 3. The van der Waals surface area contributed by atoms with E-state index in [0.717, 1.165) is 90.1 Å². The summed E-state index contributed by atoms with van der Waals surface area (Å²) < 4.78 is 14.3. The van der Waals surface area contributed by atoms with Crippen LogP contribution in [0.15, 0.2) is 76.8 Å². The molecule has 0 saturated carbocycles. The van der Waals surface area contributed by atoms with Gasteiger partial charge in [-0.3, -0.25) is 14.6 Å². The van der Waals surface area contributed by atoms with E-state index < -0.39 is 0 Å². The highest BCUT2D eigenvalue weighted by atomic mass is 16.5. The summed E-state index contributed by atoms with van der Waals surface area (Å²) in [6.45, 7) is 8.02. The van der Waals surface area contributed by atoms with Crippen LogP contribution in [0.4, 0.5) is 5.69 Å². The molecule has 3 aromatic rings. The van der Waals surface area contributed by atoms with Gasteiger partial charge >= 0.3 is 5.97 Å². The summed E-state index contributed by atoms with van der Waals surface area (Å²) in [7, 11) is 3.27. The second-order valence-electron chi connectivity index (χ2n) is 15.5. The van der Waals surface area contributed by atoms with Gasteiger partial charge < -0.3 is 19.4 Å². The highest BCUT2D eigenvalue weighted by Gasteiger charge is 2.66. The van der Waals surface area contributed by atoms with Crippen molar-refractivity contribution in [3.05, 3.63) is 105 Å². The molecule has 1 aliphatic carbocycles. The first-order valence-electron chi connectivity index (χ1n) is 18.2. The predicted octanol–water partition coefficient (Wildman–Crippen LogP) is 6.36. The standard InChI is InChI=1S/C41H44N4O4/c1-5-39-13-9-17-44-23-27-33(36(39)44)45(30-12-8-7-11-24(30)34(27)46)31(22-39)25-19-28-29(20-32(25)48-3)42-35-26(37(47)49-4)21-40(6-2)14-10-16-43-18-15-41(28,35)38(40)43/h7-14,19-20,31,36,38,42H,5-6,15-18,21-23H2,1-4H3/t31-,36-,38+,39+,40+,41+/m1/s1. The minimum absolute atomic E-state index is 0.0498. The van der Waals surface area contributed by atoms with Crippen molar-refractivity contribution in [2.75, 3.05) is 39.2 Å². The van der Waals surface area contributed by atoms with Gasteiger partial charge in [-0.2, -0.15) is 0 Å². The van der Waals surface area contributed by atoms with Crippen LogP contribution in [-0.4, -0.2) is 60.2 Å². The maximum Gasteiger partial charge on any atom is 0.335 e. The Labute approximate surface area is 287 Å². The number of ether oxygens (including phenoxy) is 2. The number of hydrogen-bond acceptors (Lipinski definition) is 7. The number of benzene rings is 2. The Morgan fingerprint density at radius 1 is 1.02 bits per heavy atom. The van der Waals surface area contributed by atoms with E-state index in [1.807, 2.05) is 12.1 Å².